The van der Waals surface area contributed by atoms with E-state index in [9.17, 15) is 19.2 Å². The van der Waals surface area contributed by atoms with Crippen molar-refractivity contribution in [1.82, 2.24) is 14.8 Å². The van der Waals surface area contributed by atoms with Gasteiger partial charge in [0.15, 0.2) is 0 Å². The van der Waals surface area contributed by atoms with Gasteiger partial charge in [-0.05, 0) is 31.2 Å². The number of carbonyl (C=O) groups is 4. The third kappa shape index (κ3) is 3.62. The molecule has 1 saturated heterocycles. The van der Waals surface area contributed by atoms with Crippen molar-refractivity contribution in [2.75, 3.05) is 7.11 Å². The van der Waals surface area contributed by atoms with E-state index in [2.05, 4.69) is 10.1 Å². The van der Waals surface area contributed by atoms with Gasteiger partial charge in [-0.25, -0.2) is 9.59 Å². The number of methoxy groups -OCH3 is 1. The average Bonchev–Trinajstić information content (AvgIpc) is 3.42. The maximum absolute atomic E-state index is 12.9. The van der Waals surface area contributed by atoms with Gasteiger partial charge in [0.05, 0.1) is 13.7 Å². The Morgan fingerprint density at radius 3 is 2.66 bits per heavy atom. The zero-order valence-electron chi connectivity index (χ0n) is 17.4. The van der Waals surface area contributed by atoms with Crippen molar-refractivity contribution in [1.29, 1.82) is 0 Å². The van der Waals surface area contributed by atoms with Crippen LogP contribution in [0.4, 0.5) is 4.79 Å². The van der Waals surface area contributed by atoms with Gasteiger partial charge in [-0.3, -0.25) is 14.5 Å². The van der Waals surface area contributed by atoms with Gasteiger partial charge in [0.1, 0.15) is 18.0 Å². The number of para-hydroxylation sites is 1. The summed E-state index contributed by atoms with van der Waals surface area (Å²) in [5.41, 5.74) is 7.68. The molecule has 0 bridgehead atoms. The van der Waals surface area contributed by atoms with Gasteiger partial charge < -0.3 is 24.8 Å². The summed E-state index contributed by atoms with van der Waals surface area (Å²) in [6, 6.07) is 9.69. The number of imide groups is 1. The molecule has 1 aromatic carbocycles. The number of hydrogen-bond acceptors (Lipinski definition) is 6. The lowest BCUT2D eigenvalue weighted by atomic mass is 10.1. The highest BCUT2D eigenvalue weighted by atomic mass is 16.5. The Balaban J connectivity index is 1.65. The van der Waals surface area contributed by atoms with Crippen molar-refractivity contribution >= 4 is 40.8 Å². The van der Waals surface area contributed by atoms with E-state index in [1.807, 2.05) is 31.2 Å². The van der Waals surface area contributed by atoms with Gasteiger partial charge >= 0.3 is 12.0 Å². The summed E-state index contributed by atoms with van der Waals surface area (Å²) >= 11 is 0. The second kappa shape index (κ2) is 8.06. The molecule has 10 heteroatoms. The number of esters is 1. The van der Waals surface area contributed by atoms with Crippen molar-refractivity contribution in [3.63, 3.8) is 0 Å². The molecule has 164 valence electrons. The van der Waals surface area contributed by atoms with E-state index >= 15 is 0 Å². The number of nitrogens with two attached hydrogens (primary N) is 1. The minimum atomic E-state index is -0.656. The van der Waals surface area contributed by atoms with Gasteiger partial charge in [-0.1, -0.05) is 18.2 Å². The Labute approximate surface area is 182 Å². The molecule has 1 aliphatic rings. The van der Waals surface area contributed by atoms with Gasteiger partial charge in [-0.15, -0.1) is 0 Å². The van der Waals surface area contributed by atoms with Crippen molar-refractivity contribution in [3.8, 4) is 0 Å². The molecule has 0 spiro atoms. The number of carbonyl (C=O) groups excluding carboxylic acids is 4. The van der Waals surface area contributed by atoms with Gasteiger partial charge in [-0.2, -0.15) is 0 Å². The third-order valence-corrected chi connectivity index (χ3v) is 5.21. The number of urea groups is 1. The lowest BCUT2D eigenvalue weighted by Crippen LogP contribution is -2.30. The monoisotopic (exact) mass is 436 g/mol. The van der Waals surface area contributed by atoms with Crippen molar-refractivity contribution in [2.24, 2.45) is 5.73 Å². The molecule has 3 aromatic rings. The van der Waals surface area contributed by atoms with Crippen LogP contribution in [0.15, 0.2) is 46.5 Å². The number of primary amides is 1. The lowest BCUT2D eigenvalue weighted by Gasteiger charge is -2.09. The molecule has 3 N–H and O–H groups in total. The molecule has 0 radical (unpaired) electrons. The van der Waals surface area contributed by atoms with E-state index < -0.39 is 23.8 Å². The highest BCUT2D eigenvalue weighted by Gasteiger charge is 2.35. The van der Waals surface area contributed by atoms with E-state index in [0.717, 1.165) is 21.5 Å². The summed E-state index contributed by atoms with van der Waals surface area (Å²) in [6.07, 6.45) is 1.58. The van der Waals surface area contributed by atoms with E-state index in [4.69, 9.17) is 10.2 Å². The molecular formula is C22H20N4O6. The minimum absolute atomic E-state index is 0.0109. The second-order valence-electron chi connectivity index (χ2n) is 7.21. The smallest absolute Gasteiger partial charge is 0.373 e. The number of nitrogens with zero attached hydrogens (tertiary/aromatic N) is 2. The Morgan fingerprint density at radius 2 is 1.94 bits per heavy atom. The summed E-state index contributed by atoms with van der Waals surface area (Å²) in [5, 5.41) is 3.38. The number of hydrogen-bond donors (Lipinski definition) is 2. The zero-order chi connectivity index (χ0) is 23.0. The first-order valence-corrected chi connectivity index (χ1v) is 9.68. The van der Waals surface area contributed by atoms with Crippen molar-refractivity contribution < 1.29 is 28.3 Å². The van der Waals surface area contributed by atoms with Crippen LogP contribution < -0.4 is 11.1 Å². The first-order valence-electron chi connectivity index (χ1n) is 9.68. The van der Waals surface area contributed by atoms with Crippen LogP contribution in [0.2, 0.25) is 0 Å². The number of furan rings is 1. The Morgan fingerprint density at radius 1 is 1.19 bits per heavy atom. The van der Waals surface area contributed by atoms with Gasteiger partial charge in [0.2, 0.25) is 11.7 Å². The fourth-order valence-electron chi connectivity index (χ4n) is 3.69. The fourth-order valence-corrected chi connectivity index (χ4v) is 3.69. The maximum atomic E-state index is 12.9. The topological polar surface area (TPSA) is 137 Å². The van der Waals surface area contributed by atoms with Crippen LogP contribution in [-0.4, -0.2) is 40.4 Å². The number of aromatic nitrogens is 1. The van der Waals surface area contributed by atoms with Crippen LogP contribution in [0.3, 0.4) is 0 Å². The molecular weight excluding hydrogens is 416 g/mol. The number of fused-ring (bicyclic) bond motifs is 1. The standard InChI is InChI=1S/C22H20N4O6/c1-12-15(14-5-3-4-6-17(14)25(12)11-19(23)27)9-16-20(28)26(22(30)24-16)10-13-7-8-18(32-13)21(29)31-2/h3-9H,10-11H2,1-2H3,(H2,23,27)(H,24,30)/b16-9-. The summed E-state index contributed by atoms with van der Waals surface area (Å²) in [7, 11) is 1.22. The lowest BCUT2D eigenvalue weighted by molar-refractivity contribution is -0.123. The molecule has 4 rings (SSSR count). The molecule has 0 unspecified atom stereocenters. The van der Waals surface area contributed by atoms with E-state index in [-0.39, 0.29) is 30.3 Å². The third-order valence-electron chi connectivity index (χ3n) is 5.21. The predicted octanol–water partition coefficient (Wildman–Crippen LogP) is 1.91. The van der Waals surface area contributed by atoms with Crippen LogP contribution in [0.25, 0.3) is 17.0 Å². The highest BCUT2D eigenvalue weighted by Crippen LogP contribution is 2.29. The molecule has 0 saturated carbocycles. The SMILES string of the molecule is COC(=O)c1ccc(CN2C(=O)N/C(=C\c3c(C)n(CC(N)=O)c4ccccc34)C2=O)o1. The van der Waals surface area contributed by atoms with Crippen molar-refractivity contribution in [2.45, 2.75) is 20.0 Å². The van der Waals surface area contributed by atoms with Crippen LogP contribution in [0, 0.1) is 6.92 Å². The molecule has 3 heterocycles. The zero-order valence-corrected chi connectivity index (χ0v) is 17.4. The van der Waals surface area contributed by atoms with Crippen molar-refractivity contribution in [3.05, 3.63) is 64.9 Å². The second-order valence-corrected chi connectivity index (χ2v) is 7.21. The summed E-state index contributed by atoms with van der Waals surface area (Å²) in [5.74, 6) is -1.46. The molecule has 32 heavy (non-hydrogen) atoms. The number of amides is 4. The minimum Gasteiger partial charge on any atom is -0.463 e. The number of nitrogens with one attached hydrogen (secondary N) is 1. The summed E-state index contributed by atoms with van der Waals surface area (Å²) < 4.78 is 11.7. The number of rotatable bonds is 6. The molecule has 0 aliphatic carbocycles. The van der Waals surface area contributed by atoms with Gasteiger partial charge in [0, 0.05) is 22.2 Å². The van der Waals surface area contributed by atoms with E-state index in [1.54, 1.807) is 10.6 Å². The first kappa shape index (κ1) is 20.9. The number of ether oxygens (including phenoxy) is 1. The Kier molecular flexibility index (Phi) is 5.27. The molecule has 2 aromatic heterocycles. The predicted molar refractivity (Wildman–Crippen MR) is 113 cm³/mol. The highest BCUT2D eigenvalue weighted by molar-refractivity contribution is 6.14. The summed E-state index contributed by atoms with van der Waals surface area (Å²) in [6.45, 7) is 1.65. The largest absolute Gasteiger partial charge is 0.463 e. The van der Waals surface area contributed by atoms with Crippen LogP contribution >= 0.6 is 0 Å². The van der Waals surface area contributed by atoms with Crippen LogP contribution in [0.5, 0.6) is 0 Å². The number of benzene rings is 1. The van der Waals surface area contributed by atoms with E-state index in [0.29, 0.717) is 5.56 Å². The fraction of sp³-hybridized carbons (Fsp3) is 0.182. The van der Waals surface area contributed by atoms with Crippen LogP contribution in [0.1, 0.15) is 27.6 Å². The summed E-state index contributed by atoms with van der Waals surface area (Å²) in [4.78, 5) is 49.4. The van der Waals surface area contributed by atoms with Crippen LogP contribution in [-0.2, 0) is 27.4 Å². The molecule has 10 nitrogen and oxygen atoms in total. The average molecular weight is 436 g/mol. The Hall–Kier alpha value is -4.34. The Bertz CT molecular complexity index is 1300. The van der Waals surface area contributed by atoms with Gasteiger partial charge in [0.25, 0.3) is 5.91 Å². The molecule has 1 aliphatic heterocycles. The molecule has 4 amide bonds. The maximum Gasteiger partial charge on any atom is 0.373 e. The quantitative estimate of drug-likeness (QED) is 0.344. The first-order chi connectivity index (χ1) is 15.3. The molecule has 1 fully saturated rings. The normalized spacial score (nSPS) is 14.9. The van der Waals surface area contributed by atoms with E-state index in [1.165, 1.54) is 19.2 Å². The molecule has 0 atom stereocenters.